The van der Waals surface area contributed by atoms with Crippen LogP contribution >= 0.6 is 23.2 Å². The number of amides is 1. The third-order valence-electron chi connectivity index (χ3n) is 1.94. The second kappa shape index (κ2) is 4.55. The lowest BCUT2D eigenvalue weighted by molar-refractivity contribution is 0.102. The van der Waals surface area contributed by atoms with Crippen LogP contribution in [0.2, 0.25) is 10.0 Å². The maximum atomic E-state index is 11.7. The number of hydrogen-bond acceptors (Lipinski definition) is 2. The lowest BCUT2D eigenvalue weighted by Crippen LogP contribution is -2.11. The zero-order valence-electron chi connectivity index (χ0n) is 8.00. The number of halogens is 2. The fraction of sp³-hybridized carbons (Fsp3) is 0. The molecule has 0 aliphatic heterocycles. The number of benzene rings is 1. The number of nitrogens with one attached hydrogen (secondary N) is 2. The van der Waals surface area contributed by atoms with Crippen molar-refractivity contribution in [1.29, 1.82) is 0 Å². The van der Waals surface area contributed by atoms with Gasteiger partial charge in [-0.05, 0) is 18.2 Å². The summed E-state index contributed by atoms with van der Waals surface area (Å²) in [6.07, 6.45) is 2.92. The first-order valence-electron chi connectivity index (χ1n) is 4.42. The third kappa shape index (κ3) is 2.35. The molecule has 0 fully saturated rings. The average Bonchev–Trinajstić information content (AvgIpc) is 2.76. The van der Waals surface area contributed by atoms with Crippen LogP contribution in [0.1, 0.15) is 10.4 Å². The van der Waals surface area contributed by atoms with E-state index >= 15 is 0 Å². The van der Waals surface area contributed by atoms with Crippen molar-refractivity contribution in [3.63, 3.8) is 0 Å². The van der Waals surface area contributed by atoms with Crippen LogP contribution in [0.5, 0.6) is 0 Å². The van der Waals surface area contributed by atoms with Gasteiger partial charge in [-0.25, -0.2) is 0 Å². The highest BCUT2D eigenvalue weighted by molar-refractivity contribution is 6.35. The Morgan fingerprint density at radius 1 is 1.38 bits per heavy atom. The van der Waals surface area contributed by atoms with E-state index in [0.717, 1.165) is 0 Å². The van der Waals surface area contributed by atoms with Crippen LogP contribution in [0.4, 0.5) is 5.69 Å². The summed E-state index contributed by atoms with van der Waals surface area (Å²) < 4.78 is 0. The van der Waals surface area contributed by atoms with Gasteiger partial charge in [-0.3, -0.25) is 9.89 Å². The van der Waals surface area contributed by atoms with E-state index in [0.29, 0.717) is 21.3 Å². The van der Waals surface area contributed by atoms with E-state index in [-0.39, 0.29) is 5.91 Å². The van der Waals surface area contributed by atoms with Gasteiger partial charge in [0.15, 0.2) is 0 Å². The first kappa shape index (κ1) is 11.0. The van der Waals surface area contributed by atoms with Crippen LogP contribution in [0, 0.1) is 0 Å². The zero-order valence-corrected chi connectivity index (χ0v) is 9.51. The highest BCUT2D eigenvalue weighted by Crippen LogP contribution is 2.25. The van der Waals surface area contributed by atoms with Crippen molar-refractivity contribution in [3.05, 3.63) is 46.2 Å². The van der Waals surface area contributed by atoms with Crippen LogP contribution in [0.25, 0.3) is 0 Å². The van der Waals surface area contributed by atoms with Crippen LogP contribution < -0.4 is 5.32 Å². The Bertz CT molecular complexity index is 511. The SMILES string of the molecule is O=C(Nc1cc(Cl)ccc1Cl)c1cn[nH]c1. The molecule has 0 radical (unpaired) electrons. The van der Waals surface area contributed by atoms with Gasteiger partial charge >= 0.3 is 0 Å². The summed E-state index contributed by atoms with van der Waals surface area (Å²) in [7, 11) is 0. The summed E-state index contributed by atoms with van der Waals surface area (Å²) in [6, 6.07) is 4.86. The van der Waals surface area contributed by atoms with E-state index in [1.54, 1.807) is 18.2 Å². The van der Waals surface area contributed by atoms with Gasteiger partial charge in [0.2, 0.25) is 0 Å². The maximum Gasteiger partial charge on any atom is 0.258 e. The summed E-state index contributed by atoms with van der Waals surface area (Å²) in [5, 5.41) is 9.81. The molecule has 16 heavy (non-hydrogen) atoms. The number of hydrogen-bond donors (Lipinski definition) is 2. The summed E-state index contributed by atoms with van der Waals surface area (Å²) in [5.41, 5.74) is 0.899. The maximum absolute atomic E-state index is 11.7. The number of nitrogens with zero attached hydrogens (tertiary/aromatic N) is 1. The Balaban J connectivity index is 2.21. The normalized spacial score (nSPS) is 10.1. The molecule has 0 aliphatic carbocycles. The number of aromatic nitrogens is 2. The van der Waals surface area contributed by atoms with Gasteiger partial charge in [-0.1, -0.05) is 23.2 Å². The predicted octanol–water partition coefficient (Wildman–Crippen LogP) is 2.97. The smallest absolute Gasteiger partial charge is 0.258 e. The topological polar surface area (TPSA) is 57.8 Å². The van der Waals surface area contributed by atoms with E-state index < -0.39 is 0 Å². The molecule has 2 N–H and O–H groups in total. The molecule has 0 saturated heterocycles. The lowest BCUT2D eigenvalue weighted by Gasteiger charge is -2.05. The van der Waals surface area contributed by atoms with Gasteiger partial charge in [-0.15, -0.1) is 0 Å². The van der Waals surface area contributed by atoms with Crippen molar-refractivity contribution in [2.45, 2.75) is 0 Å². The van der Waals surface area contributed by atoms with Crippen molar-refractivity contribution < 1.29 is 4.79 Å². The Morgan fingerprint density at radius 2 is 2.19 bits per heavy atom. The highest BCUT2D eigenvalue weighted by Gasteiger charge is 2.09. The van der Waals surface area contributed by atoms with Gasteiger partial charge in [0.25, 0.3) is 5.91 Å². The molecule has 0 atom stereocenters. The minimum absolute atomic E-state index is 0.294. The lowest BCUT2D eigenvalue weighted by atomic mass is 10.3. The molecule has 1 aromatic carbocycles. The van der Waals surface area contributed by atoms with Crippen molar-refractivity contribution >= 4 is 34.8 Å². The van der Waals surface area contributed by atoms with Crippen LogP contribution in [0.15, 0.2) is 30.6 Å². The monoisotopic (exact) mass is 255 g/mol. The number of H-pyrrole nitrogens is 1. The fourth-order valence-electron chi connectivity index (χ4n) is 1.16. The molecule has 0 bridgehead atoms. The Hall–Kier alpha value is -1.52. The minimum atomic E-state index is -0.294. The standard InChI is InChI=1S/C10H7Cl2N3O/c11-7-1-2-8(12)9(3-7)15-10(16)6-4-13-14-5-6/h1-5H,(H,13,14)(H,15,16). The molecule has 1 heterocycles. The molecular formula is C10H7Cl2N3O. The van der Waals surface area contributed by atoms with Gasteiger partial charge < -0.3 is 5.32 Å². The molecule has 0 saturated carbocycles. The number of anilines is 1. The third-order valence-corrected chi connectivity index (χ3v) is 2.50. The first-order chi connectivity index (χ1) is 7.66. The Labute approximate surface area is 102 Å². The average molecular weight is 256 g/mol. The first-order valence-corrected chi connectivity index (χ1v) is 5.17. The number of aromatic amines is 1. The molecule has 0 aliphatic rings. The molecule has 0 spiro atoms. The van der Waals surface area contributed by atoms with E-state index in [4.69, 9.17) is 23.2 Å². The molecule has 4 nitrogen and oxygen atoms in total. The van der Waals surface area contributed by atoms with Gasteiger partial charge in [0.05, 0.1) is 22.5 Å². The summed E-state index contributed by atoms with van der Waals surface area (Å²) in [5.74, 6) is -0.294. The van der Waals surface area contributed by atoms with Crippen LogP contribution in [0.3, 0.4) is 0 Å². The van der Waals surface area contributed by atoms with Crippen molar-refractivity contribution in [2.75, 3.05) is 5.32 Å². The van der Waals surface area contributed by atoms with E-state index in [2.05, 4.69) is 15.5 Å². The molecule has 2 aromatic rings. The molecule has 82 valence electrons. The van der Waals surface area contributed by atoms with Crippen molar-refractivity contribution in [3.8, 4) is 0 Å². The van der Waals surface area contributed by atoms with E-state index in [1.165, 1.54) is 12.4 Å². The van der Waals surface area contributed by atoms with Crippen LogP contribution in [-0.4, -0.2) is 16.1 Å². The molecule has 2 rings (SSSR count). The molecule has 0 unspecified atom stereocenters. The van der Waals surface area contributed by atoms with E-state index in [1.807, 2.05) is 0 Å². The van der Waals surface area contributed by atoms with Gasteiger partial charge in [-0.2, -0.15) is 5.10 Å². The number of carbonyl (C=O) groups excluding carboxylic acids is 1. The molecular weight excluding hydrogens is 249 g/mol. The summed E-state index contributed by atoms with van der Waals surface area (Å²) >= 11 is 11.7. The second-order valence-corrected chi connectivity index (χ2v) is 3.91. The Morgan fingerprint density at radius 3 is 2.88 bits per heavy atom. The summed E-state index contributed by atoms with van der Waals surface area (Å²) in [6.45, 7) is 0. The molecule has 1 amide bonds. The summed E-state index contributed by atoms with van der Waals surface area (Å²) in [4.78, 5) is 11.7. The minimum Gasteiger partial charge on any atom is -0.320 e. The quantitative estimate of drug-likeness (QED) is 0.867. The Kier molecular flexibility index (Phi) is 3.12. The number of carbonyl (C=O) groups is 1. The predicted molar refractivity (Wildman–Crippen MR) is 63.0 cm³/mol. The van der Waals surface area contributed by atoms with E-state index in [9.17, 15) is 4.79 Å². The largest absolute Gasteiger partial charge is 0.320 e. The van der Waals surface area contributed by atoms with Gasteiger partial charge in [0, 0.05) is 11.2 Å². The van der Waals surface area contributed by atoms with Gasteiger partial charge in [0.1, 0.15) is 0 Å². The fourth-order valence-corrected chi connectivity index (χ4v) is 1.50. The van der Waals surface area contributed by atoms with Crippen molar-refractivity contribution in [1.82, 2.24) is 10.2 Å². The van der Waals surface area contributed by atoms with Crippen molar-refractivity contribution in [2.24, 2.45) is 0 Å². The number of rotatable bonds is 2. The van der Waals surface area contributed by atoms with Crippen LogP contribution in [-0.2, 0) is 0 Å². The zero-order chi connectivity index (χ0) is 11.5. The second-order valence-electron chi connectivity index (χ2n) is 3.07. The highest BCUT2D eigenvalue weighted by atomic mass is 35.5. The molecule has 6 heteroatoms. The molecule has 1 aromatic heterocycles.